The molecule has 2 aromatic rings. The third kappa shape index (κ3) is 2.61. The average Bonchev–Trinajstić information content (AvgIpc) is 2.66. The number of carbonyl (C=O) groups excluding carboxylic acids is 1. The van der Waals surface area contributed by atoms with Gasteiger partial charge in [-0.15, -0.1) is 0 Å². The van der Waals surface area contributed by atoms with E-state index >= 15 is 0 Å². The molecule has 0 saturated heterocycles. The Morgan fingerprint density at radius 2 is 2.19 bits per heavy atom. The number of halogens is 1. The Hall–Kier alpha value is -1.35. The van der Waals surface area contributed by atoms with Gasteiger partial charge in [0.25, 0.3) is 0 Å². The maximum absolute atomic E-state index is 11.1. The van der Waals surface area contributed by atoms with E-state index < -0.39 is 0 Å². The van der Waals surface area contributed by atoms with Crippen molar-refractivity contribution in [3.63, 3.8) is 0 Å². The predicted molar refractivity (Wildman–Crippen MR) is 67.7 cm³/mol. The molecule has 0 saturated carbocycles. The SMILES string of the molecule is CC(=O)c1ccn(Cc2cccc(Br)c2)c1. The molecule has 0 spiro atoms. The van der Waals surface area contributed by atoms with Crippen LogP contribution in [0.2, 0.25) is 0 Å². The van der Waals surface area contributed by atoms with Crippen LogP contribution in [0.5, 0.6) is 0 Å². The van der Waals surface area contributed by atoms with E-state index in [1.54, 1.807) is 6.92 Å². The molecule has 1 heterocycles. The van der Waals surface area contributed by atoms with Crippen molar-refractivity contribution in [3.05, 3.63) is 58.3 Å². The zero-order chi connectivity index (χ0) is 11.5. The molecule has 0 aliphatic carbocycles. The molecule has 0 unspecified atom stereocenters. The van der Waals surface area contributed by atoms with E-state index in [1.807, 2.05) is 35.2 Å². The minimum atomic E-state index is 0.105. The normalized spacial score (nSPS) is 10.4. The molecule has 0 bridgehead atoms. The van der Waals surface area contributed by atoms with Crippen molar-refractivity contribution >= 4 is 21.7 Å². The van der Waals surface area contributed by atoms with Crippen LogP contribution in [0.1, 0.15) is 22.8 Å². The Morgan fingerprint density at radius 3 is 2.81 bits per heavy atom. The molecule has 0 N–H and O–H groups in total. The highest BCUT2D eigenvalue weighted by Crippen LogP contribution is 2.13. The molecule has 2 nitrogen and oxygen atoms in total. The largest absolute Gasteiger partial charge is 0.349 e. The Labute approximate surface area is 103 Å². The van der Waals surface area contributed by atoms with E-state index in [0.29, 0.717) is 0 Å². The quantitative estimate of drug-likeness (QED) is 0.787. The lowest BCUT2D eigenvalue weighted by atomic mass is 10.2. The minimum absolute atomic E-state index is 0.105. The zero-order valence-electron chi connectivity index (χ0n) is 8.98. The van der Waals surface area contributed by atoms with Crippen LogP contribution in [-0.2, 0) is 6.54 Å². The van der Waals surface area contributed by atoms with E-state index in [-0.39, 0.29) is 5.78 Å². The van der Waals surface area contributed by atoms with Gasteiger partial charge in [0, 0.05) is 29.0 Å². The van der Waals surface area contributed by atoms with Crippen LogP contribution < -0.4 is 0 Å². The van der Waals surface area contributed by atoms with Gasteiger partial charge in [-0.25, -0.2) is 0 Å². The number of hydrogen-bond donors (Lipinski definition) is 0. The molecule has 0 aliphatic heterocycles. The van der Waals surface area contributed by atoms with E-state index in [2.05, 4.69) is 28.1 Å². The van der Waals surface area contributed by atoms with Gasteiger partial charge in [-0.05, 0) is 30.7 Å². The topological polar surface area (TPSA) is 22.0 Å². The fourth-order valence-corrected chi connectivity index (χ4v) is 2.04. The summed E-state index contributed by atoms with van der Waals surface area (Å²) in [6.45, 7) is 2.37. The van der Waals surface area contributed by atoms with Crippen LogP contribution in [0.3, 0.4) is 0 Å². The minimum Gasteiger partial charge on any atom is -0.349 e. The van der Waals surface area contributed by atoms with Crippen molar-refractivity contribution < 1.29 is 4.79 Å². The molecule has 82 valence electrons. The molecule has 3 heteroatoms. The Kier molecular flexibility index (Phi) is 3.25. The molecule has 0 atom stereocenters. The molecule has 1 aromatic heterocycles. The molecule has 16 heavy (non-hydrogen) atoms. The Morgan fingerprint density at radius 1 is 1.38 bits per heavy atom. The van der Waals surface area contributed by atoms with E-state index in [9.17, 15) is 4.79 Å². The smallest absolute Gasteiger partial charge is 0.161 e. The zero-order valence-corrected chi connectivity index (χ0v) is 10.6. The first-order valence-corrected chi connectivity index (χ1v) is 5.85. The van der Waals surface area contributed by atoms with E-state index in [4.69, 9.17) is 0 Å². The first-order chi connectivity index (χ1) is 7.65. The van der Waals surface area contributed by atoms with Crippen LogP contribution >= 0.6 is 15.9 Å². The van der Waals surface area contributed by atoms with Crippen LogP contribution in [0.4, 0.5) is 0 Å². The second-order valence-corrected chi connectivity index (χ2v) is 4.67. The molecular weight excluding hydrogens is 266 g/mol. The van der Waals surface area contributed by atoms with Gasteiger partial charge in [0.2, 0.25) is 0 Å². The van der Waals surface area contributed by atoms with Crippen molar-refractivity contribution in [2.75, 3.05) is 0 Å². The molecule has 0 aliphatic rings. The molecule has 0 amide bonds. The third-order valence-corrected chi connectivity index (χ3v) is 2.90. The molecule has 0 fully saturated rings. The summed E-state index contributed by atoms with van der Waals surface area (Å²) in [7, 11) is 0. The molecule has 2 rings (SSSR count). The lowest BCUT2D eigenvalue weighted by Crippen LogP contribution is -1.96. The number of aromatic nitrogens is 1. The van der Waals surface area contributed by atoms with Crippen LogP contribution in [0.25, 0.3) is 0 Å². The van der Waals surface area contributed by atoms with Crippen molar-refractivity contribution in [3.8, 4) is 0 Å². The summed E-state index contributed by atoms with van der Waals surface area (Å²) in [5.74, 6) is 0.105. The Bertz CT molecular complexity index is 516. The first-order valence-electron chi connectivity index (χ1n) is 5.06. The summed E-state index contributed by atoms with van der Waals surface area (Å²) in [4.78, 5) is 11.1. The summed E-state index contributed by atoms with van der Waals surface area (Å²) in [5, 5.41) is 0. The lowest BCUT2D eigenvalue weighted by molar-refractivity contribution is 0.101. The maximum Gasteiger partial charge on any atom is 0.161 e. The van der Waals surface area contributed by atoms with Crippen LogP contribution in [-0.4, -0.2) is 10.4 Å². The number of ketones is 1. The summed E-state index contributed by atoms with van der Waals surface area (Å²) >= 11 is 3.44. The highest BCUT2D eigenvalue weighted by Gasteiger charge is 2.02. The highest BCUT2D eigenvalue weighted by atomic mass is 79.9. The van der Waals surface area contributed by atoms with Gasteiger partial charge in [0.05, 0.1) is 0 Å². The van der Waals surface area contributed by atoms with Gasteiger partial charge < -0.3 is 4.57 Å². The van der Waals surface area contributed by atoms with Crippen molar-refractivity contribution in [2.24, 2.45) is 0 Å². The summed E-state index contributed by atoms with van der Waals surface area (Å²) in [6, 6.07) is 10.0. The summed E-state index contributed by atoms with van der Waals surface area (Å²) in [6.07, 6.45) is 3.81. The van der Waals surface area contributed by atoms with Crippen LogP contribution in [0, 0.1) is 0 Å². The molecular formula is C13H12BrNO. The third-order valence-electron chi connectivity index (χ3n) is 2.41. The van der Waals surface area contributed by atoms with E-state index in [0.717, 1.165) is 16.6 Å². The maximum atomic E-state index is 11.1. The average molecular weight is 278 g/mol. The second kappa shape index (κ2) is 4.66. The number of nitrogens with zero attached hydrogens (tertiary/aromatic N) is 1. The molecule has 0 radical (unpaired) electrons. The van der Waals surface area contributed by atoms with Crippen LogP contribution in [0.15, 0.2) is 47.2 Å². The van der Waals surface area contributed by atoms with E-state index in [1.165, 1.54) is 5.56 Å². The van der Waals surface area contributed by atoms with Gasteiger partial charge in [-0.3, -0.25) is 4.79 Å². The first kappa shape index (κ1) is 11.1. The van der Waals surface area contributed by atoms with Crippen molar-refractivity contribution in [2.45, 2.75) is 13.5 Å². The van der Waals surface area contributed by atoms with Crippen molar-refractivity contribution in [1.29, 1.82) is 0 Å². The number of rotatable bonds is 3. The summed E-state index contributed by atoms with van der Waals surface area (Å²) < 4.78 is 3.09. The fraction of sp³-hybridized carbons (Fsp3) is 0.154. The fourth-order valence-electron chi connectivity index (χ4n) is 1.59. The number of carbonyl (C=O) groups is 1. The molecule has 1 aromatic carbocycles. The van der Waals surface area contributed by atoms with Crippen molar-refractivity contribution in [1.82, 2.24) is 4.57 Å². The second-order valence-electron chi connectivity index (χ2n) is 3.76. The highest BCUT2D eigenvalue weighted by molar-refractivity contribution is 9.10. The monoisotopic (exact) mass is 277 g/mol. The Balaban J connectivity index is 2.17. The standard InChI is InChI=1S/C13H12BrNO/c1-10(16)12-5-6-15(9-12)8-11-3-2-4-13(14)7-11/h2-7,9H,8H2,1H3. The number of benzene rings is 1. The van der Waals surface area contributed by atoms with Gasteiger partial charge >= 0.3 is 0 Å². The number of Topliss-reactive ketones (excluding diaryl/α,β-unsaturated/α-hetero) is 1. The number of hydrogen-bond acceptors (Lipinski definition) is 1. The van der Waals surface area contributed by atoms with Gasteiger partial charge in [-0.1, -0.05) is 28.1 Å². The lowest BCUT2D eigenvalue weighted by Gasteiger charge is -2.03. The predicted octanol–water partition coefficient (Wildman–Crippen LogP) is 3.50. The van der Waals surface area contributed by atoms with Gasteiger partial charge in [0.15, 0.2) is 5.78 Å². The van der Waals surface area contributed by atoms with Gasteiger partial charge in [0.1, 0.15) is 0 Å². The van der Waals surface area contributed by atoms with Gasteiger partial charge in [-0.2, -0.15) is 0 Å². The summed E-state index contributed by atoms with van der Waals surface area (Å²) in [5.41, 5.74) is 1.97.